The van der Waals surface area contributed by atoms with Crippen molar-refractivity contribution >= 4 is 22.9 Å². The van der Waals surface area contributed by atoms with Crippen molar-refractivity contribution in [2.24, 2.45) is 0 Å². The molecule has 0 fully saturated rings. The zero-order valence-corrected chi connectivity index (χ0v) is 12.4. The number of rotatable bonds is 4. The summed E-state index contributed by atoms with van der Waals surface area (Å²) in [6.45, 7) is 0. The van der Waals surface area contributed by atoms with Gasteiger partial charge in [0, 0.05) is 29.9 Å². The van der Waals surface area contributed by atoms with E-state index in [4.69, 9.17) is 16.3 Å². The fraction of sp³-hybridized carbons (Fsp3) is 0.143. The fourth-order valence-electron chi connectivity index (χ4n) is 2.00. The highest BCUT2D eigenvalue weighted by Crippen LogP contribution is 2.26. The summed E-state index contributed by atoms with van der Waals surface area (Å²) in [6, 6.07) is 7.97. The van der Waals surface area contributed by atoms with Crippen LogP contribution in [-0.4, -0.2) is 21.9 Å². The third kappa shape index (κ3) is 2.69. The minimum atomic E-state index is 0.570. The van der Waals surface area contributed by atoms with Crippen LogP contribution in [0.5, 0.6) is 5.75 Å². The van der Waals surface area contributed by atoms with Gasteiger partial charge in [-0.1, -0.05) is 17.7 Å². The van der Waals surface area contributed by atoms with E-state index in [9.17, 15) is 0 Å². The molecule has 0 spiro atoms. The molecule has 0 N–H and O–H groups in total. The molecule has 2 heterocycles. The Morgan fingerprint density at radius 3 is 2.95 bits per heavy atom. The van der Waals surface area contributed by atoms with Crippen molar-refractivity contribution in [3.05, 3.63) is 57.8 Å². The quantitative estimate of drug-likeness (QED) is 0.739. The Morgan fingerprint density at radius 2 is 2.30 bits per heavy atom. The first-order valence-electron chi connectivity index (χ1n) is 6.03. The van der Waals surface area contributed by atoms with Crippen molar-refractivity contribution in [1.29, 1.82) is 0 Å². The average Bonchev–Trinajstić information content (AvgIpc) is 3.10. The van der Waals surface area contributed by atoms with Gasteiger partial charge in [0.2, 0.25) is 0 Å². The van der Waals surface area contributed by atoms with E-state index in [2.05, 4.69) is 16.1 Å². The Bertz CT molecular complexity index is 709. The van der Waals surface area contributed by atoms with Gasteiger partial charge in [0.25, 0.3) is 0 Å². The number of benzene rings is 1. The summed E-state index contributed by atoms with van der Waals surface area (Å²) in [6.07, 6.45) is 6.23. The first-order chi connectivity index (χ1) is 9.76. The molecule has 4 nitrogen and oxygen atoms in total. The molecular weight excluding hydrogens is 294 g/mol. The SMILES string of the molecule is COc1cc(Cc2cnc(Cl)s2)ccc1-n1cccn1. The van der Waals surface area contributed by atoms with E-state index in [0.717, 1.165) is 28.3 Å². The van der Waals surface area contributed by atoms with E-state index in [0.29, 0.717) is 4.47 Å². The highest BCUT2D eigenvalue weighted by Gasteiger charge is 2.08. The van der Waals surface area contributed by atoms with Crippen LogP contribution >= 0.6 is 22.9 Å². The standard InChI is InChI=1S/C14H12ClN3OS/c1-19-13-8-10(7-11-9-16-14(15)20-11)3-4-12(13)18-6-2-5-17-18/h2-6,8-9H,7H2,1H3. The number of methoxy groups -OCH3 is 1. The number of hydrogen-bond acceptors (Lipinski definition) is 4. The van der Waals surface area contributed by atoms with Crippen LogP contribution in [0.15, 0.2) is 42.9 Å². The van der Waals surface area contributed by atoms with Gasteiger partial charge in [-0.05, 0) is 23.8 Å². The number of aromatic nitrogens is 3. The number of halogens is 1. The lowest BCUT2D eigenvalue weighted by atomic mass is 10.1. The molecule has 0 amide bonds. The van der Waals surface area contributed by atoms with Gasteiger partial charge in [0.05, 0.1) is 7.11 Å². The molecule has 6 heteroatoms. The molecule has 0 saturated heterocycles. The van der Waals surface area contributed by atoms with Crippen LogP contribution in [0.2, 0.25) is 4.47 Å². The molecule has 0 aliphatic heterocycles. The van der Waals surface area contributed by atoms with Crippen LogP contribution in [0.1, 0.15) is 10.4 Å². The highest BCUT2D eigenvalue weighted by atomic mass is 35.5. The molecule has 102 valence electrons. The van der Waals surface area contributed by atoms with E-state index in [-0.39, 0.29) is 0 Å². The minimum Gasteiger partial charge on any atom is -0.494 e. The van der Waals surface area contributed by atoms with Gasteiger partial charge in [-0.2, -0.15) is 5.10 Å². The molecule has 0 radical (unpaired) electrons. The second-order valence-corrected chi connectivity index (χ2v) is 5.91. The Morgan fingerprint density at radius 1 is 1.40 bits per heavy atom. The van der Waals surface area contributed by atoms with Crippen molar-refractivity contribution in [2.45, 2.75) is 6.42 Å². The molecule has 0 aliphatic rings. The average molecular weight is 306 g/mol. The summed E-state index contributed by atoms with van der Waals surface area (Å²) in [5.41, 5.74) is 2.07. The first kappa shape index (κ1) is 13.1. The van der Waals surface area contributed by atoms with Crippen molar-refractivity contribution < 1.29 is 4.74 Å². The lowest BCUT2D eigenvalue weighted by molar-refractivity contribution is 0.411. The van der Waals surface area contributed by atoms with Gasteiger partial charge in [0.1, 0.15) is 11.4 Å². The number of thiazole rings is 1. The van der Waals surface area contributed by atoms with Gasteiger partial charge in [-0.15, -0.1) is 11.3 Å². The Kier molecular flexibility index (Phi) is 3.71. The number of ether oxygens (including phenoxy) is 1. The van der Waals surface area contributed by atoms with E-state index in [1.165, 1.54) is 11.3 Å². The summed E-state index contributed by atoms with van der Waals surface area (Å²) in [5, 5.41) is 4.22. The molecule has 0 bridgehead atoms. The molecule has 0 aliphatic carbocycles. The van der Waals surface area contributed by atoms with Crippen LogP contribution < -0.4 is 4.74 Å². The topological polar surface area (TPSA) is 39.9 Å². The molecule has 20 heavy (non-hydrogen) atoms. The van der Waals surface area contributed by atoms with E-state index < -0.39 is 0 Å². The zero-order chi connectivity index (χ0) is 13.9. The molecule has 3 rings (SSSR count). The Balaban J connectivity index is 1.91. The van der Waals surface area contributed by atoms with Crippen LogP contribution in [0.25, 0.3) is 5.69 Å². The molecule has 3 aromatic rings. The second kappa shape index (κ2) is 5.64. The van der Waals surface area contributed by atoms with Crippen LogP contribution in [0.3, 0.4) is 0 Å². The third-order valence-corrected chi connectivity index (χ3v) is 4.01. The number of hydrogen-bond donors (Lipinski definition) is 0. The lowest BCUT2D eigenvalue weighted by Crippen LogP contribution is -1.99. The van der Waals surface area contributed by atoms with Crippen LogP contribution in [-0.2, 0) is 6.42 Å². The maximum Gasteiger partial charge on any atom is 0.183 e. The van der Waals surface area contributed by atoms with E-state index >= 15 is 0 Å². The lowest BCUT2D eigenvalue weighted by Gasteiger charge is -2.10. The minimum absolute atomic E-state index is 0.570. The van der Waals surface area contributed by atoms with Gasteiger partial charge in [-0.3, -0.25) is 0 Å². The predicted molar refractivity (Wildman–Crippen MR) is 80.0 cm³/mol. The van der Waals surface area contributed by atoms with Gasteiger partial charge in [-0.25, -0.2) is 9.67 Å². The molecule has 0 saturated carbocycles. The van der Waals surface area contributed by atoms with E-state index in [1.54, 1.807) is 24.2 Å². The summed E-state index contributed by atoms with van der Waals surface area (Å²) in [4.78, 5) is 5.18. The Labute approximate surface area is 125 Å². The van der Waals surface area contributed by atoms with Crippen LogP contribution in [0.4, 0.5) is 0 Å². The summed E-state index contributed by atoms with van der Waals surface area (Å²) in [5.74, 6) is 0.793. The summed E-state index contributed by atoms with van der Waals surface area (Å²) < 4.78 is 7.81. The summed E-state index contributed by atoms with van der Waals surface area (Å²) in [7, 11) is 1.66. The van der Waals surface area contributed by atoms with Gasteiger partial charge >= 0.3 is 0 Å². The van der Waals surface area contributed by atoms with Gasteiger partial charge < -0.3 is 4.74 Å². The maximum absolute atomic E-state index is 5.85. The third-order valence-electron chi connectivity index (χ3n) is 2.90. The van der Waals surface area contributed by atoms with Crippen molar-refractivity contribution in [2.75, 3.05) is 7.11 Å². The molecule has 0 atom stereocenters. The highest BCUT2D eigenvalue weighted by molar-refractivity contribution is 7.15. The smallest absolute Gasteiger partial charge is 0.183 e. The van der Waals surface area contributed by atoms with Crippen molar-refractivity contribution in [3.63, 3.8) is 0 Å². The molecule has 2 aromatic heterocycles. The normalized spacial score (nSPS) is 10.7. The van der Waals surface area contributed by atoms with Crippen molar-refractivity contribution in [1.82, 2.24) is 14.8 Å². The monoisotopic (exact) mass is 305 g/mol. The molecule has 0 unspecified atom stereocenters. The first-order valence-corrected chi connectivity index (χ1v) is 7.23. The summed E-state index contributed by atoms with van der Waals surface area (Å²) >= 11 is 7.34. The number of nitrogens with zero attached hydrogens (tertiary/aromatic N) is 3. The molecule has 1 aromatic carbocycles. The van der Waals surface area contributed by atoms with Crippen molar-refractivity contribution in [3.8, 4) is 11.4 Å². The second-order valence-electron chi connectivity index (χ2n) is 4.21. The zero-order valence-electron chi connectivity index (χ0n) is 10.8. The van der Waals surface area contributed by atoms with E-state index in [1.807, 2.05) is 24.4 Å². The van der Waals surface area contributed by atoms with Crippen LogP contribution in [0, 0.1) is 0 Å². The predicted octanol–water partition coefficient (Wildman–Crippen LogP) is 3.58. The Hall–Kier alpha value is -1.85. The largest absolute Gasteiger partial charge is 0.494 e. The maximum atomic E-state index is 5.85. The molecular formula is C14H12ClN3OS. The fourth-order valence-corrected chi connectivity index (χ4v) is 3.01. The van der Waals surface area contributed by atoms with Gasteiger partial charge in [0.15, 0.2) is 4.47 Å².